The molecule has 78 valence electrons. The molecule has 0 saturated carbocycles. The topological polar surface area (TPSA) is 31.4 Å². The van der Waals surface area contributed by atoms with Crippen LogP contribution in [0, 0.1) is 0 Å². The molecule has 0 unspecified atom stereocenters. The zero-order valence-electron chi connectivity index (χ0n) is 8.42. The number of hydrogen-bond donors (Lipinski definition) is 0. The largest absolute Gasteiger partial charge is 0.496 e. The summed E-state index contributed by atoms with van der Waals surface area (Å²) in [6.07, 6.45) is 3.64. The maximum absolute atomic E-state index is 5.25. The number of rotatable bonds is 5. The van der Waals surface area contributed by atoms with Gasteiger partial charge < -0.3 is 9.47 Å². The highest BCUT2D eigenvalue weighted by molar-refractivity contribution is 9.09. The molecular weight excluding hydrogens is 246 g/mol. The molecular formula is C10H14BrNO2. The van der Waals surface area contributed by atoms with E-state index in [4.69, 9.17) is 9.47 Å². The fourth-order valence-corrected chi connectivity index (χ4v) is 1.58. The molecule has 0 amide bonds. The normalized spacial score (nSPS) is 9.93. The van der Waals surface area contributed by atoms with E-state index < -0.39 is 0 Å². The Bertz CT molecular complexity index is 269. The van der Waals surface area contributed by atoms with Crippen LogP contribution >= 0.6 is 15.9 Å². The van der Waals surface area contributed by atoms with Gasteiger partial charge in [-0.15, -0.1) is 0 Å². The molecule has 1 aromatic heterocycles. The summed E-state index contributed by atoms with van der Waals surface area (Å²) in [5.74, 6) is 1.50. The molecule has 0 saturated heterocycles. The van der Waals surface area contributed by atoms with Gasteiger partial charge in [-0.3, -0.25) is 0 Å². The number of aromatic nitrogens is 1. The van der Waals surface area contributed by atoms with Crippen LogP contribution < -0.4 is 9.47 Å². The highest BCUT2D eigenvalue weighted by Gasteiger charge is 2.09. The Hall–Kier alpha value is -0.770. The van der Waals surface area contributed by atoms with E-state index in [2.05, 4.69) is 20.9 Å². The lowest BCUT2D eigenvalue weighted by Crippen LogP contribution is -1.99. The van der Waals surface area contributed by atoms with Gasteiger partial charge in [-0.05, 0) is 18.9 Å². The van der Waals surface area contributed by atoms with Gasteiger partial charge in [-0.2, -0.15) is 0 Å². The van der Waals surface area contributed by atoms with Crippen molar-refractivity contribution in [3.8, 4) is 11.6 Å². The summed E-state index contributed by atoms with van der Waals surface area (Å²) in [5.41, 5.74) is 1.04. The third-order valence-corrected chi connectivity index (χ3v) is 2.51. The number of halogens is 1. The van der Waals surface area contributed by atoms with Gasteiger partial charge in [0.25, 0.3) is 0 Å². The molecule has 4 heteroatoms. The van der Waals surface area contributed by atoms with Crippen LogP contribution in [-0.4, -0.2) is 24.5 Å². The van der Waals surface area contributed by atoms with Crippen molar-refractivity contribution in [3.63, 3.8) is 0 Å². The van der Waals surface area contributed by atoms with Crippen LogP contribution in [0.5, 0.6) is 11.6 Å². The second-order valence-corrected chi connectivity index (χ2v) is 3.59. The Balaban J connectivity index is 2.93. The van der Waals surface area contributed by atoms with Gasteiger partial charge in [0.1, 0.15) is 5.75 Å². The molecule has 0 aliphatic rings. The summed E-state index contributed by atoms with van der Waals surface area (Å²) in [5, 5.41) is 0.966. The lowest BCUT2D eigenvalue weighted by molar-refractivity contribution is 0.373. The molecule has 0 spiro atoms. The van der Waals surface area contributed by atoms with Gasteiger partial charge in [0.05, 0.1) is 19.8 Å². The summed E-state index contributed by atoms with van der Waals surface area (Å²) in [6, 6.07) is 1.85. The molecule has 1 heterocycles. The maximum Gasteiger partial charge on any atom is 0.219 e. The Morgan fingerprint density at radius 3 is 2.71 bits per heavy atom. The lowest BCUT2D eigenvalue weighted by atomic mass is 10.1. The zero-order valence-corrected chi connectivity index (χ0v) is 10.0. The average Bonchev–Trinajstić information content (AvgIpc) is 2.25. The third-order valence-electron chi connectivity index (χ3n) is 1.95. The Labute approximate surface area is 92.6 Å². The monoisotopic (exact) mass is 259 g/mol. The smallest absolute Gasteiger partial charge is 0.219 e. The third kappa shape index (κ3) is 2.61. The van der Waals surface area contributed by atoms with Gasteiger partial charge in [-0.1, -0.05) is 15.9 Å². The van der Waals surface area contributed by atoms with Crippen LogP contribution in [0.3, 0.4) is 0 Å². The van der Waals surface area contributed by atoms with Crippen LogP contribution in [0.1, 0.15) is 12.0 Å². The van der Waals surface area contributed by atoms with E-state index in [0.717, 1.165) is 29.5 Å². The number of alkyl halides is 1. The number of nitrogens with zero attached hydrogens (tertiary/aromatic N) is 1. The van der Waals surface area contributed by atoms with Gasteiger partial charge >= 0.3 is 0 Å². The van der Waals surface area contributed by atoms with Crippen LogP contribution in [0.15, 0.2) is 12.3 Å². The molecule has 14 heavy (non-hydrogen) atoms. The van der Waals surface area contributed by atoms with Crippen LogP contribution in [0.2, 0.25) is 0 Å². The van der Waals surface area contributed by atoms with Crippen molar-refractivity contribution in [2.45, 2.75) is 12.8 Å². The highest BCUT2D eigenvalue weighted by atomic mass is 79.9. The average molecular weight is 260 g/mol. The van der Waals surface area contributed by atoms with Gasteiger partial charge in [-0.25, -0.2) is 4.98 Å². The summed E-state index contributed by atoms with van der Waals surface area (Å²) >= 11 is 3.40. The van der Waals surface area contributed by atoms with Crippen molar-refractivity contribution < 1.29 is 9.47 Å². The maximum atomic E-state index is 5.25. The minimum absolute atomic E-state index is 0.658. The summed E-state index contributed by atoms with van der Waals surface area (Å²) in [6.45, 7) is 0. The minimum atomic E-state index is 0.658. The van der Waals surface area contributed by atoms with Crippen LogP contribution in [0.4, 0.5) is 0 Å². The first-order chi connectivity index (χ1) is 6.83. The zero-order chi connectivity index (χ0) is 10.4. The molecule has 0 aliphatic carbocycles. The van der Waals surface area contributed by atoms with E-state index in [9.17, 15) is 0 Å². The Morgan fingerprint density at radius 1 is 1.36 bits per heavy atom. The van der Waals surface area contributed by atoms with Gasteiger partial charge in [0, 0.05) is 11.5 Å². The van der Waals surface area contributed by atoms with Crippen molar-refractivity contribution in [2.75, 3.05) is 19.5 Å². The second kappa shape index (κ2) is 5.86. The fraction of sp³-hybridized carbons (Fsp3) is 0.500. The summed E-state index contributed by atoms with van der Waals surface area (Å²) in [4.78, 5) is 4.14. The van der Waals surface area contributed by atoms with Crippen LogP contribution in [-0.2, 0) is 6.42 Å². The Morgan fingerprint density at radius 2 is 2.14 bits per heavy atom. The van der Waals surface area contributed by atoms with E-state index in [1.807, 2.05) is 6.07 Å². The van der Waals surface area contributed by atoms with E-state index in [-0.39, 0.29) is 0 Å². The number of ether oxygens (including phenoxy) is 2. The number of methoxy groups -OCH3 is 2. The Kier molecular flexibility index (Phi) is 4.73. The summed E-state index contributed by atoms with van der Waals surface area (Å²) in [7, 11) is 3.28. The SMILES string of the molecule is COc1ccnc(OC)c1CCCBr. The molecule has 0 atom stereocenters. The second-order valence-electron chi connectivity index (χ2n) is 2.79. The van der Waals surface area contributed by atoms with E-state index in [1.165, 1.54) is 0 Å². The minimum Gasteiger partial charge on any atom is -0.496 e. The predicted molar refractivity (Wildman–Crippen MR) is 59.5 cm³/mol. The van der Waals surface area contributed by atoms with Crippen molar-refractivity contribution >= 4 is 15.9 Å². The number of pyridine rings is 1. The first kappa shape index (κ1) is 11.3. The molecule has 0 fully saturated rings. The van der Waals surface area contributed by atoms with Crippen molar-refractivity contribution in [1.29, 1.82) is 0 Å². The van der Waals surface area contributed by atoms with Crippen molar-refractivity contribution in [3.05, 3.63) is 17.8 Å². The molecule has 1 aromatic rings. The van der Waals surface area contributed by atoms with E-state index in [1.54, 1.807) is 20.4 Å². The number of hydrogen-bond acceptors (Lipinski definition) is 3. The molecule has 0 N–H and O–H groups in total. The molecule has 3 nitrogen and oxygen atoms in total. The summed E-state index contributed by atoms with van der Waals surface area (Å²) < 4.78 is 10.4. The fourth-order valence-electron chi connectivity index (χ4n) is 1.30. The van der Waals surface area contributed by atoms with Crippen molar-refractivity contribution in [2.24, 2.45) is 0 Å². The van der Waals surface area contributed by atoms with E-state index >= 15 is 0 Å². The van der Waals surface area contributed by atoms with Crippen LogP contribution in [0.25, 0.3) is 0 Å². The standard InChI is InChI=1S/C10H14BrNO2/c1-13-9-5-7-12-10(14-2)8(9)4-3-6-11/h5,7H,3-4,6H2,1-2H3. The molecule has 1 rings (SSSR count). The first-order valence-electron chi connectivity index (χ1n) is 4.45. The first-order valence-corrected chi connectivity index (χ1v) is 5.57. The molecule has 0 aliphatic heterocycles. The predicted octanol–water partition coefficient (Wildman–Crippen LogP) is 2.43. The lowest BCUT2D eigenvalue weighted by Gasteiger charge is -2.10. The van der Waals surface area contributed by atoms with Gasteiger partial charge in [0.2, 0.25) is 5.88 Å². The highest BCUT2D eigenvalue weighted by Crippen LogP contribution is 2.27. The van der Waals surface area contributed by atoms with Gasteiger partial charge in [0.15, 0.2) is 0 Å². The van der Waals surface area contributed by atoms with E-state index in [0.29, 0.717) is 5.88 Å². The molecule has 0 aromatic carbocycles. The quantitative estimate of drug-likeness (QED) is 0.762. The molecule has 0 bridgehead atoms. The van der Waals surface area contributed by atoms with Crippen molar-refractivity contribution in [1.82, 2.24) is 4.98 Å². The molecule has 0 radical (unpaired) electrons.